The molecule has 1 amide bonds. The molecule has 2 N–H and O–H groups in total. The second-order valence-electron chi connectivity index (χ2n) is 26.3. The molecule has 486 valence electrons. The van der Waals surface area contributed by atoms with Gasteiger partial charge in [0, 0.05) is 6.42 Å². The summed E-state index contributed by atoms with van der Waals surface area (Å²) in [6, 6.07) is -0.886. The van der Waals surface area contributed by atoms with Crippen LogP contribution in [0.25, 0.3) is 0 Å². The topological polar surface area (TPSA) is 108 Å². The molecule has 0 fully saturated rings. The van der Waals surface area contributed by atoms with Crippen LogP contribution in [-0.4, -0.2) is 68.5 Å². The smallest absolute Gasteiger partial charge is 0.268 e. The van der Waals surface area contributed by atoms with Gasteiger partial charge in [-0.1, -0.05) is 352 Å². The standard InChI is InChI=1S/C73H143N2O6P/c1-6-8-10-12-14-16-18-20-22-24-26-28-30-31-32-33-34-35-36-37-38-39-40-41-42-43-45-47-49-51-53-55-57-59-61-63-65-67-73(77)74-71(70-81-82(78,79)80-69-68-75(3,4)5)72(76)66-64-62-60-58-56-54-52-50-48-46-44-29-27-25-23-21-19-17-15-13-11-9-7-2/h18,20,24,26,64,66,71-72,76H,6-17,19,21-23,25,27-63,65,67-70H2,1-5H3,(H-,74,77,78,79)/b20-18-,26-24-,66-64+. The fourth-order valence-corrected chi connectivity index (χ4v) is 11.9. The molecule has 0 aliphatic heterocycles. The summed E-state index contributed by atoms with van der Waals surface area (Å²) in [4.78, 5) is 25.6. The second-order valence-corrected chi connectivity index (χ2v) is 27.7. The molecule has 0 radical (unpaired) electrons. The number of nitrogens with one attached hydrogen (secondary N) is 1. The van der Waals surface area contributed by atoms with Crippen LogP contribution >= 0.6 is 7.82 Å². The van der Waals surface area contributed by atoms with Crippen molar-refractivity contribution in [1.29, 1.82) is 0 Å². The van der Waals surface area contributed by atoms with Gasteiger partial charge in [-0.3, -0.25) is 9.36 Å². The quantitative estimate of drug-likeness (QED) is 0.0272. The van der Waals surface area contributed by atoms with Crippen LogP contribution in [0.15, 0.2) is 36.5 Å². The molecule has 0 aromatic heterocycles. The van der Waals surface area contributed by atoms with Gasteiger partial charge in [-0.2, -0.15) is 0 Å². The Balaban J connectivity index is 3.96. The maximum absolute atomic E-state index is 13.0. The number of amides is 1. The van der Waals surface area contributed by atoms with Crippen molar-refractivity contribution in [3.8, 4) is 0 Å². The molecule has 0 aromatic rings. The van der Waals surface area contributed by atoms with Crippen molar-refractivity contribution in [2.75, 3.05) is 40.9 Å². The van der Waals surface area contributed by atoms with Crippen LogP contribution in [0, 0.1) is 0 Å². The molecular formula is C73H143N2O6P. The van der Waals surface area contributed by atoms with E-state index in [0.717, 1.165) is 44.9 Å². The fourth-order valence-electron chi connectivity index (χ4n) is 11.2. The highest BCUT2D eigenvalue weighted by Gasteiger charge is 2.23. The van der Waals surface area contributed by atoms with E-state index in [1.54, 1.807) is 6.08 Å². The Morgan fingerprint density at radius 1 is 0.427 bits per heavy atom. The minimum atomic E-state index is -4.60. The maximum Gasteiger partial charge on any atom is 0.268 e. The largest absolute Gasteiger partial charge is 0.756 e. The molecule has 9 heteroatoms. The Morgan fingerprint density at radius 3 is 1.01 bits per heavy atom. The molecule has 0 aliphatic carbocycles. The van der Waals surface area contributed by atoms with Gasteiger partial charge >= 0.3 is 0 Å². The fraction of sp³-hybridized carbons (Fsp3) is 0.904. The highest BCUT2D eigenvalue weighted by molar-refractivity contribution is 7.45. The Kier molecular flexibility index (Phi) is 63.2. The summed E-state index contributed by atoms with van der Waals surface area (Å²) >= 11 is 0. The zero-order chi connectivity index (χ0) is 59.8. The number of aliphatic hydroxyl groups excluding tert-OH is 1. The first-order valence-electron chi connectivity index (χ1n) is 36.4. The van der Waals surface area contributed by atoms with Gasteiger partial charge in [0.1, 0.15) is 13.2 Å². The van der Waals surface area contributed by atoms with Gasteiger partial charge in [0.2, 0.25) is 5.91 Å². The number of nitrogens with zero attached hydrogens (tertiary/aromatic N) is 1. The molecule has 0 bridgehead atoms. The number of allylic oxidation sites excluding steroid dienone is 5. The van der Waals surface area contributed by atoms with Crippen LogP contribution in [-0.2, 0) is 18.4 Å². The van der Waals surface area contributed by atoms with E-state index in [9.17, 15) is 19.4 Å². The number of hydrogen-bond acceptors (Lipinski definition) is 6. The van der Waals surface area contributed by atoms with Crippen molar-refractivity contribution in [2.24, 2.45) is 0 Å². The summed E-state index contributed by atoms with van der Waals surface area (Å²) in [6.45, 7) is 4.70. The minimum absolute atomic E-state index is 0.00162. The predicted molar refractivity (Wildman–Crippen MR) is 358 cm³/mol. The van der Waals surface area contributed by atoms with E-state index >= 15 is 0 Å². The van der Waals surface area contributed by atoms with Crippen LogP contribution in [0.3, 0.4) is 0 Å². The number of hydrogen-bond donors (Lipinski definition) is 2. The van der Waals surface area contributed by atoms with E-state index in [0.29, 0.717) is 17.4 Å². The maximum atomic E-state index is 13.0. The molecule has 82 heavy (non-hydrogen) atoms. The first-order valence-corrected chi connectivity index (χ1v) is 37.8. The lowest BCUT2D eigenvalue weighted by Gasteiger charge is -2.29. The van der Waals surface area contributed by atoms with Gasteiger partial charge in [-0.25, -0.2) is 0 Å². The Morgan fingerprint density at radius 2 is 0.707 bits per heavy atom. The molecule has 0 aliphatic rings. The highest BCUT2D eigenvalue weighted by atomic mass is 31.2. The van der Waals surface area contributed by atoms with Crippen molar-refractivity contribution in [3.05, 3.63) is 36.5 Å². The molecule has 3 unspecified atom stereocenters. The molecule has 0 saturated carbocycles. The summed E-state index contributed by atoms with van der Waals surface area (Å²) in [5, 5.41) is 14.0. The van der Waals surface area contributed by atoms with E-state index in [4.69, 9.17) is 9.05 Å². The van der Waals surface area contributed by atoms with Crippen LogP contribution in [0.4, 0.5) is 0 Å². The number of carbonyl (C=O) groups is 1. The van der Waals surface area contributed by atoms with E-state index in [-0.39, 0.29) is 19.1 Å². The lowest BCUT2D eigenvalue weighted by molar-refractivity contribution is -0.870. The Hall–Kier alpha value is -1.28. The summed E-state index contributed by atoms with van der Waals surface area (Å²) in [5.41, 5.74) is 0. The first-order chi connectivity index (χ1) is 40.0. The zero-order valence-corrected chi connectivity index (χ0v) is 56.6. The van der Waals surface area contributed by atoms with Crippen LogP contribution < -0.4 is 10.2 Å². The minimum Gasteiger partial charge on any atom is -0.756 e. The number of likely N-dealkylation sites (N-methyl/N-ethyl adjacent to an activating group) is 1. The van der Waals surface area contributed by atoms with Gasteiger partial charge < -0.3 is 28.8 Å². The predicted octanol–water partition coefficient (Wildman–Crippen LogP) is 22.6. The Bertz CT molecular complexity index is 1430. The van der Waals surface area contributed by atoms with E-state index < -0.39 is 20.0 Å². The molecule has 8 nitrogen and oxygen atoms in total. The van der Waals surface area contributed by atoms with E-state index in [1.807, 2.05) is 27.2 Å². The van der Waals surface area contributed by atoms with Crippen molar-refractivity contribution in [1.82, 2.24) is 5.32 Å². The number of phosphoric ester groups is 1. The van der Waals surface area contributed by atoms with Crippen LogP contribution in [0.1, 0.15) is 373 Å². The second kappa shape index (κ2) is 64.2. The number of quaternary nitrogens is 1. The summed E-state index contributed by atoms with van der Waals surface area (Å²) in [7, 11) is 1.28. The zero-order valence-electron chi connectivity index (χ0n) is 55.7. The lowest BCUT2D eigenvalue weighted by Crippen LogP contribution is -2.45. The average Bonchev–Trinajstić information content (AvgIpc) is 3.47. The number of unbranched alkanes of at least 4 members (excludes halogenated alkanes) is 51. The summed E-state index contributed by atoms with van der Waals surface area (Å²) in [5.74, 6) is -0.189. The summed E-state index contributed by atoms with van der Waals surface area (Å²) in [6.07, 6.45) is 85.7. The molecule has 3 atom stereocenters. The van der Waals surface area contributed by atoms with Crippen molar-refractivity contribution >= 4 is 13.7 Å². The number of carbonyl (C=O) groups excluding carboxylic acids is 1. The number of rotatable bonds is 68. The lowest BCUT2D eigenvalue weighted by atomic mass is 10.0. The third kappa shape index (κ3) is 66.2. The van der Waals surface area contributed by atoms with Crippen molar-refractivity contribution < 1.29 is 32.9 Å². The SMILES string of the molecule is CCCCCCC/C=C\C/C=C\CCCCCCCCCCCCCCCCCCCCCCCCCCCC(=O)NC(COP(=O)([O-])OCC[N+](C)(C)C)C(O)/C=C/CCCCCCCCCCCCCCCCCCCCCCC. The van der Waals surface area contributed by atoms with Gasteiger partial charge in [-0.15, -0.1) is 0 Å². The Labute approximate surface area is 512 Å². The molecule has 0 heterocycles. The number of aliphatic hydroxyl groups is 1. The van der Waals surface area contributed by atoms with Crippen molar-refractivity contribution in [3.63, 3.8) is 0 Å². The van der Waals surface area contributed by atoms with Crippen molar-refractivity contribution in [2.45, 2.75) is 386 Å². The van der Waals surface area contributed by atoms with E-state index in [1.165, 1.54) is 308 Å². The summed E-state index contributed by atoms with van der Waals surface area (Å²) < 4.78 is 23.5. The third-order valence-electron chi connectivity index (χ3n) is 16.8. The van der Waals surface area contributed by atoms with Crippen LogP contribution in [0.2, 0.25) is 0 Å². The van der Waals surface area contributed by atoms with Gasteiger partial charge in [0.15, 0.2) is 0 Å². The normalized spacial score (nSPS) is 13.8. The number of phosphoric acid groups is 1. The molecule has 0 saturated heterocycles. The average molecular weight is 1180 g/mol. The molecular weight excluding hydrogens is 1030 g/mol. The van der Waals surface area contributed by atoms with Crippen LogP contribution in [0.5, 0.6) is 0 Å². The molecule has 0 rings (SSSR count). The monoisotopic (exact) mass is 1180 g/mol. The van der Waals surface area contributed by atoms with Gasteiger partial charge in [0.05, 0.1) is 39.9 Å². The van der Waals surface area contributed by atoms with Gasteiger partial charge in [-0.05, 0) is 51.4 Å². The van der Waals surface area contributed by atoms with Gasteiger partial charge in [0.25, 0.3) is 7.82 Å². The van der Waals surface area contributed by atoms with E-state index in [2.05, 4.69) is 43.5 Å². The highest BCUT2D eigenvalue weighted by Crippen LogP contribution is 2.38. The first kappa shape index (κ1) is 80.7. The molecule has 0 spiro atoms. The third-order valence-corrected chi connectivity index (χ3v) is 17.8. The molecule has 0 aromatic carbocycles.